The molecule has 108 valence electrons. The third kappa shape index (κ3) is 2.61. The van der Waals surface area contributed by atoms with E-state index in [4.69, 9.17) is 5.11 Å². The molecule has 0 aliphatic carbocycles. The van der Waals surface area contributed by atoms with Gasteiger partial charge in [0, 0.05) is 17.5 Å². The number of ketones is 1. The normalized spacial score (nSPS) is 18.6. The Balaban J connectivity index is 2.25. The highest BCUT2D eigenvalue weighted by Crippen LogP contribution is 2.41. The summed E-state index contributed by atoms with van der Waals surface area (Å²) in [7, 11) is 0. The third-order valence-corrected chi connectivity index (χ3v) is 3.93. The molecule has 4 nitrogen and oxygen atoms in total. The Kier molecular flexibility index (Phi) is 3.46. The number of nitrogens with one attached hydrogen (secondary N) is 1. The van der Waals surface area contributed by atoms with E-state index >= 15 is 0 Å². The summed E-state index contributed by atoms with van der Waals surface area (Å²) in [6.45, 7) is 8.56. The molecule has 1 aliphatic rings. The van der Waals surface area contributed by atoms with E-state index in [-0.39, 0.29) is 17.5 Å². The lowest BCUT2D eigenvalue weighted by Crippen LogP contribution is -2.39. The SMILES string of the molecule is CC1(C)NC(C)(C)c2cc(CCC(=O)C(=O)O)ccc21. The molecule has 2 N–H and O–H groups in total. The van der Waals surface area contributed by atoms with Crippen LogP contribution in [-0.2, 0) is 27.1 Å². The molecule has 4 heteroatoms. The molecular formula is C16H21NO3. The number of carbonyl (C=O) groups excluding carboxylic acids is 1. The summed E-state index contributed by atoms with van der Waals surface area (Å²) < 4.78 is 0. The number of hydrogen-bond acceptors (Lipinski definition) is 3. The number of benzene rings is 1. The molecule has 1 aromatic carbocycles. The number of Topliss-reactive ketones (excluding diaryl/α,β-unsaturated/α-hetero) is 1. The summed E-state index contributed by atoms with van der Waals surface area (Å²) in [4.78, 5) is 21.7. The summed E-state index contributed by atoms with van der Waals surface area (Å²) in [6, 6.07) is 6.16. The van der Waals surface area contributed by atoms with Gasteiger partial charge < -0.3 is 5.11 Å². The first-order valence-corrected chi connectivity index (χ1v) is 6.83. The first kappa shape index (κ1) is 14.7. The Hall–Kier alpha value is -1.68. The maximum absolute atomic E-state index is 11.2. The summed E-state index contributed by atoms with van der Waals surface area (Å²) in [5.41, 5.74) is 3.30. The number of aliphatic carboxylic acids is 1. The van der Waals surface area contributed by atoms with Crippen molar-refractivity contribution in [1.29, 1.82) is 0 Å². The van der Waals surface area contributed by atoms with Crippen molar-refractivity contribution in [3.8, 4) is 0 Å². The van der Waals surface area contributed by atoms with Gasteiger partial charge >= 0.3 is 5.97 Å². The fourth-order valence-corrected chi connectivity index (χ4v) is 3.09. The van der Waals surface area contributed by atoms with Crippen LogP contribution in [0.25, 0.3) is 0 Å². The number of aryl methyl sites for hydroxylation is 1. The highest BCUT2D eigenvalue weighted by Gasteiger charge is 2.40. The Labute approximate surface area is 119 Å². The Morgan fingerprint density at radius 1 is 1.10 bits per heavy atom. The topological polar surface area (TPSA) is 66.4 Å². The second-order valence-electron chi connectivity index (χ2n) is 6.48. The van der Waals surface area contributed by atoms with E-state index in [0.717, 1.165) is 5.56 Å². The molecule has 0 radical (unpaired) electrons. The van der Waals surface area contributed by atoms with Crippen molar-refractivity contribution in [2.24, 2.45) is 0 Å². The number of fused-ring (bicyclic) bond motifs is 1. The van der Waals surface area contributed by atoms with Gasteiger partial charge in [-0.1, -0.05) is 18.2 Å². The minimum atomic E-state index is -1.35. The Morgan fingerprint density at radius 3 is 2.30 bits per heavy atom. The van der Waals surface area contributed by atoms with Crippen LogP contribution in [0.15, 0.2) is 18.2 Å². The molecule has 0 fully saturated rings. The van der Waals surface area contributed by atoms with Crippen LogP contribution in [0.4, 0.5) is 0 Å². The molecule has 2 rings (SSSR count). The highest BCUT2D eigenvalue weighted by atomic mass is 16.4. The number of carboxylic acid groups (broad SMARTS) is 1. The molecule has 0 saturated heterocycles. The molecular weight excluding hydrogens is 254 g/mol. The smallest absolute Gasteiger partial charge is 0.372 e. The number of carboxylic acids is 1. The first-order chi connectivity index (χ1) is 9.13. The fourth-order valence-electron chi connectivity index (χ4n) is 3.09. The van der Waals surface area contributed by atoms with Gasteiger partial charge in [0.05, 0.1) is 0 Å². The predicted molar refractivity (Wildman–Crippen MR) is 76.6 cm³/mol. The van der Waals surface area contributed by atoms with Gasteiger partial charge in [0.15, 0.2) is 0 Å². The van der Waals surface area contributed by atoms with Crippen molar-refractivity contribution < 1.29 is 14.7 Å². The van der Waals surface area contributed by atoms with Gasteiger partial charge in [0.1, 0.15) is 0 Å². The third-order valence-electron chi connectivity index (χ3n) is 3.93. The lowest BCUT2D eigenvalue weighted by molar-refractivity contribution is -0.149. The molecule has 0 amide bonds. The molecule has 1 aromatic rings. The predicted octanol–water partition coefficient (Wildman–Crippen LogP) is 2.35. The van der Waals surface area contributed by atoms with Crippen LogP contribution in [0, 0.1) is 0 Å². The van der Waals surface area contributed by atoms with Gasteiger partial charge in [0.25, 0.3) is 0 Å². The van der Waals surface area contributed by atoms with Crippen LogP contribution in [0.1, 0.15) is 50.8 Å². The second kappa shape index (κ2) is 4.70. The maximum atomic E-state index is 11.2. The van der Waals surface area contributed by atoms with Crippen molar-refractivity contribution in [3.05, 3.63) is 34.9 Å². The molecule has 0 spiro atoms. The van der Waals surface area contributed by atoms with E-state index in [1.54, 1.807) is 0 Å². The maximum Gasteiger partial charge on any atom is 0.372 e. The van der Waals surface area contributed by atoms with E-state index in [1.165, 1.54) is 11.1 Å². The van der Waals surface area contributed by atoms with Gasteiger partial charge in [-0.15, -0.1) is 0 Å². The Morgan fingerprint density at radius 2 is 1.70 bits per heavy atom. The standard InChI is InChI=1S/C16H21NO3/c1-15(2)11-7-5-10(6-8-13(18)14(19)20)9-12(11)16(3,4)17-15/h5,7,9,17H,6,8H2,1-4H3,(H,19,20). The zero-order valence-electron chi connectivity index (χ0n) is 12.4. The highest BCUT2D eigenvalue weighted by molar-refractivity contribution is 6.32. The average Bonchev–Trinajstić information content (AvgIpc) is 2.52. The van der Waals surface area contributed by atoms with Crippen molar-refractivity contribution in [2.75, 3.05) is 0 Å². The average molecular weight is 275 g/mol. The lowest BCUT2D eigenvalue weighted by atomic mass is 9.88. The lowest BCUT2D eigenvalue weighted by Gasteiger charge is -2.25. The number of carbonyl (C=O) groups is 2. The van der Waals surface area contributed by atoms with Crippen molar-refractivity contribution >= 4 is 11.8 Å². The van der Waals surface area contributed by atoms with E-state index in [9.17, 15) is 9.59 Å². The monoisotopic (exact) mass is 275 g/mol. The molecule has 0 atom stereocenters. The van der Waals surface area contributed by atoms with Crippen LogP contribution in [-0.4, -0.2) is 16.9 Å². The van der Waals surface area contributed by atoms with Crippen LogP contribution in [0.5, 0.6) is 0 Å². The minimum absolute atomic E-state index is 0.0470. The Bertz CT molecular complexity index is 573. The van der Waals surface area contributed by atoms with Crippen molar-refractivity contribution in [1.82, 2.24) is 5.32 Å². The van der Waals surface area contributed by atoms with E-state index in [0.29, 0.717) is 6.42 Å². The van der Waals surface area contributed by atoms with Crippen LogP contribution in [0.3, 0.4) is 0 Å². The van der Waals surface area contributed by atoms with E-state index < -0.39 is 11.8 Å². The first-order valence-electron chi connectivity index (χ1n) is 6.83. The van der Waals surface area contributed by atoms with Gasteiger partial charge in [0.2, 0.25) is 5.78 Å². The summed E-state index contributed by atoms with van der Waals surface area (Å²) in [5, 5.41) is 12.2. The second-order valence-corrected chi connectivity index (χ2v) is 6.48. The van der Waals surface area contributed by atoms with E-state index in [2.05, 4.69) is 45.1 Å². The number of hydrogen-bond donors (Lipinski definition) is 2. The van der Waals surface area contributed by atoms with Gasteiger partial charge in [-0.2, -0.15) is 0 Å². The largest absolute Gasteiger partial charge is 0.476 e. The van der Waals surface area contributed by atoms with Gasteiger partial charge in [-0.05, 0) is 50.8 Å². The molecule has 0 unspecified atom stereocenters. The quantitative estimate of drug-likeness (QED) is 0.828. The summed E-state index contributed by atoms with van der Waals surface area (Å²) in [6.07, 6.45) is 0.514. The van der Waals surface area contributed by atoms with E-state index in [1.807, 2.05) is 6.07 Å². The van der Waals surface area contributed by atoms with Crippen LogP contribution >= 0.6 is 0 Å². The van der Waals surface area contributed by atoms with Gasteiger partial charge in [-0.25, -0.2) is 4.79 Å². The molecule has 0 aromatic heterocycles. The fraction of sp³-hybridized carbons (Fsp3) is 0.500. The zero-order chi connectivity index (χ0) is 15.1. The summed E-state index contributed by atoms with van der Waals surface area (Å²) in [5.74, 6) is -2.09. The van der Waals surface area contributed by atoms with Crippen LogP contribution in [0.2, 0.25) is 0 Å². The minimum Gasteiger partial charge on any atom is -0.476 e. The molecule has 1 heterocycles. The van der Waals surface area contributed by atoms with Crippen LogP contribution < -0.4 is 5.32 Å². The van der Waals surface area contributed by atoms with Crippen molar-refractivity contribution in [2.45, 2.75) is 51.6 Å². The molecule has 0 saturated carbocycles. The summed E-state index contributed by atoms with van der Waals surface area (Å²) >= 11 is 0. The molecule has 20 heavy (non-hydrogen) atoms. The zero-order valence-corrected chi connectivity index (χ0v) is 12.4. The van der Waals surface area contributed by atoms with Crippen molar-refractivity contribution in [3.63, 3.8) is 0 Å². The van der Waals surface area contributed by atoms with Gasteiger partial charge in [-0.3, -0.25) is 10.1 Å². The molecule has 1 aliphatic heterocycles. The number of rotatable bonds is 4. The molecule has 0 bridgehead atoms.